The highest BCUT2D eigenvalue weighted by Crippen LogP contribution is 2.11. The molecule has 0 rings (SSSR count). The second-order valence-corrected chi connectivity index (χ2v) is 8.09. The molecule has 2 unspecified atom stereocenters. The fraction of sp³-hybridized carbons (Fsp3) is 0.933. The lowest BCUT2D eigenvalue weighted by Crippen LogP contribution is -2.44. The van der Waals surface area contributed by atoms with Crippen LogP contribution in [0, 0.1) is 5.92 Å². The van der Waals surface area contributed by atoms with Gasteiger partial charge in [0, 0.05) is 25.9 Å². The van der Waals surface area contributed by atoms with Crippen LogP contribution in [0.4, 0.5) is 0 Å². The lowest BCUT2D eigenvalue weighted by molar-refractivity contribution is 0.442. The monoisotopic (exact) mass is 319 g/mol. The lowest BCUT2D eigenvalue weighted by Gasteiger charge is -2.20. The number of guanidine groups is 1. The fourth-order valence-corrected chi connectivity index (χ4v) is 2.86. The van der Waals surface area contributed by atoms with Crippen LogP contribution >= 0.6 is 0 Å². The van der Waals surface area contributed by atoms with Crippen LogP contribution < -0.4 is 10.6 Å². The van der Waals surface area contributed by atoms with Gasteiger partial charge in [-0.05, 0) is 25.7 Å². The number of hydrogen-bond donors (Lipinski definition) is 2. The highest BCUT2D eigenvalue weighted by atomic mass is 32.2. The predicted molar refractivity (Wildman–Crippen MR) is 91.6 cm³/mol. The van der Waals surface area contributed by atoms with Crippen LogP contribution in [-0.4, -0.2) is 46.0 Å². The summed E-state index contributed by atoms with van der Waals surface area (Å²) in [4.78, 5) is 4.20. The molecule has 5 nitrogen and oxygen atoms in total. The quantitative estimate of drug-likeness (QED) is 0.478. The van der Waals surface area contributed by atoms with Gasteiger partial charge >= 0.3 is 0 Å². The summed E-state index contributed by atoms with van der Waals surface area (Å²) in [6.07, 6.45) is 6.75. The molecule has 126 valence electrons. The van der Waals surface area contributed by atoms with E-state index in [-0.39, 0.29) is 11.8 Å². The minimum absolute atomic E-state index is 0.0849. The first-order valence-electron chi connectivity index (χ1n) is 7.97. The largest absolute Gasteiger partial charge is 0.356 e. The van der Waals surface area contributed by atoms with Gasteiger partial charge in [0.1, 0.15) is 9.84 Å². The molecule has 0 aromatic heterocycles. The van der Waals surface area contributed by atoms with Crippen LogP contribution in [0.2, 0.25) is 0 Å². The molecule has 2 atom stereocenters. The van der Waals surface area contributed by atoms with Crippen LogP contribution in [-0.2, 0) is 9.84 Å². The summed E-state index contributed by atoms with van der Waals surface area (Å²) in [5.74, 6) is 1.62. The summed E-state index contributed by atoms with van der Waals surface area (Å²) >= 11 is 0. The zero-order valence-corrected chi connectivity index (χ0v) is 15.1. The number of nitrogens with one attached hydrogen (secondary N) is 2. The van der Waals surface area contributed by atoms with E-state index >= 15 is 0 Å². The maximum absolute atomic E-state index is 11.2. The van der Waals surface area contributed by atoms with Crippen molar-refractivity contribution in [1.29, 1.82) is 0 Å². The Balaban J connectivity index is 4.15. The van der Waals surface area contributed by atoms with Crippen LogP contribution in [0.5, 0.6) is 0 Å². The third kappa shape index (κ3) is 11.5. The molecule has 0 saturated carbocycles. The molecule has 0 aromatic rings. The van der Waals surface area contributed by atoms with Crippen molar-refractivity contribution >= 4 is 15.8 Å². The van der Waals surface area contributed by atoms with Crippen LogP contribution in [0.25, 0.3) is 0 Å². The number of nitrogens with zero attached hydrogens (tertiary/aromatic N) is 1. The van der Waals surface area contributed by atoms with E-state index in [9.17, 15) is 8.42 Å². The smallest absolute Gasteiger partial charge is 0.191 e. The van der Waals surface area contributed by atoms with Gasteiger partial charge in [-0.1, -0.05) is 33.1 Å². The Kier molecular flexibility index (Phi) is 10.5. The summed E-state index contributed by atoms with van der Waals surface area (Å²) in [6, 6.07) is 0.0849. The Labute approximate surface area is 130 Å². The number of aliphatic imine (C=N–C) groups is 1. The Bertz CT molecular complexity index is 394. The Hall–Kier alpha value is -0.780. The normalized spacial score (nSPS) is 15.6. The van der Waals surface area contributed by atoms with Crippen molar-refractivity contribution in [2.75, 3.05) is 25.6 Å². The number of sulfone groups is 1. The Morgan fingerprint density at radius 2 is 1.90 bits per heavy atom. The molecule has 0 fully saturated rings. The maximum Gasteiger partial charge on any atom is 0.191 e. The predicted octanol–water partition coefficient (Wildman–Crippen LogP) is 2.19. The molecular formula is C15H33N3O2S. The van der Waals surface area contributed by atoms with E-state index in [0.717, 1.165) is 18.9 Å². The van der Waals surface area contributed by atoms with E-state index in [1.165, 1.54) is 25.5 Å². The van der Waals surface area contributed by atoms with Crippen molar-refractivity contribution in [2.24, 2.45) is 10.9 Å². The van der Waals surface area contributed by atoms with Crippen molar-refractivity contribution in [1.82, 2.24) is 10.6 Å². The van der Waals surface area contributed by atoms with Gasteiger partial charge in [0.05, 0.1) is 5.75 Å². The molecule has 0 aromatic carbocycles. The van der Waals surface area contributed by atoms with Crippen molar-refractivity contribution in [3.05, 3.63) is 0 Å². The Morgan fingerprint density at radius 3 is 2.38 bits per heavy atom. The van der Waals surface area contributed by atoms with Crippen molar-refractivity contribution in [3.63, 3.8) is 0 Å². The van der Waals surface area contributed by atoms with Gasteiger partial charge in [-0.25, -0.2) is 8.42 Å². The molecule has 0 amide bonds. The van der Waals surface area contributed by atoms with Gasteiger partial charge in [-0.3, -0.25) is 4.99 Å². The molecule has 0 radical (unpaired) electrons. The van der Waals surface area contributed by atoms with E-state index in [4.69, 9.17) is 0 Å². The molecular weight excluding hydrogens is 286 g/mol. The van der Waals surface area contributed by atoms with E-state index in [1.54, 1.807) is 7.05 Å². The molecule has 2 N–H and O–H groups in total. The number of unbranched alkanes of at least 4 members (excludes halogenated alkanes) is 1. The van der Waals surface area contributed by atoms with Gasteiger partial charge in [0.2, 0.25) is 0 Å². The molecule has 6 heteroatoms. The summed E-state index contributed by atoms with van der Waals surface area (Å²) in [6.45, 7) is 7.32. The summed E-state index contributed by atoms with van der Waals surface area (Å²) in [5, 5.41) is 6.60. The maximum atomic E-state index is 11.2. The first kappa shape index (κ1) is 20.2. The average Bonchev–Trinajstić information content (AvgIpc) is 2.43. The van der Waals surface area contributed by atoms with Crippen molar-refractivity contribution in [2.45, 2.75) is 58.9 Å². The van der Waals surface area contributed by atoms with E-state index in [1.807, 2.05) is 6.92 Å². The first-order valence-corrected chi connectivity index (χ1v) is 10.0. The third-order valence-corrected chi connectivity index (χ3v) is 4.61. The summed E-state index contributed by atoms with van der Waals surface area (Å²) in [5.41, 5.74) is 0. The molecule has 0 aliphatic rings. The molecule has 0 heterocycles. The van der Waals surface area contributed by atoms with Gasteiger partial charge in [0.25, 0.3) is 0 Å². The molecule has 0 spiro atoms. The molecule has 0 saturated heterocycles. The highest BCUT2D eigenvalue weighted by molar-refractivity contribution is 7.90. The van der Waals surface area contributed by atoms with Crippen molar-refractivity contribution < 1.29 is 8.42 Å². The van der Waals surface area contributed by atoms with Crippen molar-refractivity contribution in [3.8, 4) is 0 Å². The summed E-state index contributed by atoms with van der Waals surface area (Å²) in [7, 11) is -1.16. The summed E-state index contributed by atoms with van der Waals surface area (Å²) < 4.78 is 22.3. The fourth-order valence-electron chi connectivity index (χ4n) is 2.08. The zero-order valence-electron chi connectivity index (χ0n) is 14.3. The lowest BCUT2D eigenvalue weighted by atomic mass is 9.99. The van der Waals surface area contributed by atoms with E-state index in [0.29, 0.717) is 12.3 Å². The topological polar surface area (TPSA) is 70.6 Å². The molecule has 0 aliphatic heterocycles. The highest BCUT2D eigenvalue weighted by Gasteiger charge is 2.11. The van der Waals surface area contributed by atoms with E-state index in [2.05, 4.69) is 29.5 Å². The standard InChI is InChI=1S/C15H33N3O2S/c1-6-8-9-14(7-2)12-17-15(16-4)18-13(3)10-11-21(5,19)20/h13-14H,6-12H2,1-5H3,(H2,16,17,18). The third-order valence-electron chi connectivity index (χ3n) is 3.63. The molecule has 21 heavy (non-hydrogen) atoms. The second-order valence-electron chi connectivity index (χ2n) is 5.83. The van der Waals surface area contributed by atoms with E-state index < -0.39 is 9.84 Å². The molecule has 0 aliphatic carbocycles. The van der Waals surface area contributed by atoms with Gasteiger partial charge in [0.15, 0.2) is 5.96 Å². The number of hydrogen-bond acceptors (Lipinski definition) is 3. The average molecular weight is 320 g/mol. The van der Waals surface area contributed by atoms with Crippen LogP contribution in [0.1, 0.15) is 52.9 Å². The minimum Gasteiger partial charge on any atom is -0.356 e. The Morgan fingerprint density at radius 1 is 1.24 bits per heavy atom. The minimum atomic E-state index is -2.90. The van der Waals surface area contributed by atoms with Gasteiger partial charge in [-0.2, -0.15) is 0 Å². The SMILES string of the molecule is CCCCC(CC)CNC(=NC)NC(C)CCS(C)(=O)=O. The van der Waals surface area contributed by atoms with Crippen LogP contribution in [0.15, 0.2) is 4.99 Å². The number of rotatable bonds is 10. The van der Waals surface area contributed by atoms with Gasteiger partial charge < -0.3 is 10.6 Å². The van der Waals surface area contributed by atoms with Crippen LogP contribution in [0.3, 0.4) is 0 Å². The first-order chi connectivity index (χ1) is 9.82. The second kappa shape index (κ2) is 10.9. The molecule has 0 bridgehead atoms. The zero-order chi connectivity index (χ0) is 16.3. The van der Waals surface area contributed by atoms with Gasteiger partial charge in [-0.15, -0.1) is 0 Å².